The van der Waals surface area contributed by atoms with Crippen LogP contribution in [0.3, 0.4) is 0 Å². The lowest BCUT2D eigenvalue weighted by Gasteiger charge is -1.97. The first-order valence-corrected chi connectivity index (χ1v) is 6.46. The summed E-state index contributed by atoms with van der Waals surface area (Å²) in [5.74, 6) is -0.00815. The molecule has 0 aliphatic heterocycles. The fourth-order valence-corrected chi connectivity index (χ4v) is 3.46. The zero-order valence-corrected chi connectivity index (χ0v) is 8.74. The summed E-state index contributed by atoms with van der Waals surface area (Å²) in [6.07, 6.45) is 1.25. The van der Waals surface area contributed by atoms with Gasteiger partial charge in [-0.05, 0) is 5.56 Å². The summed E-state index contributed by atoms with van der Waals surface area (Å²) in [7, 11) is -3.00. The molecule has 3 nitrogen and oxygen atoms in total. The van der Waals surface area contributed by atoms with Gasteiger partial charge >= 0.3 is 0 Å². The Morgan fingerprint density at radius 1 is 1.21 bits per heavy atom. The molecule has 0 heterocycles. The number of nitrogens with two attached hydrogens (primary N) is 1. The highest BCUT2D eigenvalue weighted by molar-refractivity contribution is 7.91. The van der Waals surface area contributed by atoms with E-state index >= 15 is 0 Å². The maximum absolute atomic E-state index is 11.3. The molecule has 1 aromatic rings. The van der Waals surface area contributed by atoms with Crippen molar-refractivity contribution in [3.63, 3.8) is 0 Å². The smallest absolute Gasteiger partial charge is 0.152 e. The van der Waals surface area contributed by atoms with E-state index in [1.54, 1.807) is 0 Å². The summed E-state index contributed by atoms with van der Waals surface area (Å²) < 4.78 is 22.6. The third kappa shape index (κ3) is 1.55. The van der Waals surface area contributed by atoms with Gasteiger partial charge in [-0.2, -0.15) is 0 Å². The van der Waals surface area contributed by atoms with Crippen LogP contribution in [0.15, 0.2) is 30.3 Å². The number of benzene rings is 1. The van der Waals surface area contributed by atoms with Crippen molar-refractivity contribution in [1.29, 1.82) is 0 Å². The highest BCUT2D eigenvalue weighted by atomic mass is 32.2. The van der Waals surface area contributed by atoms with Crippen molar-refractivity contribution in [3.8, 4) is 0 Å². The molecule has 0 spiro atoms. The average molecular weight is 211 g/mol. The Morgan fingerprint density at radius 2 is 1.79 bits per heavy atom. The van der Waals surface area contributed by atoms with Gasteiger partial charge in [0.25, 0.3) is 0 Å². The van der Waals surface area contributed by atoms with Gasteiger partial charge in [0, 0.05) is 18.2 Å². The molecule has 0 bridgehead atoms. The fraction of sp³-hybridized carbons (Fsp3) is 0.400. The third-order valence-electron chi connectivity index (χ3n) is 2.69. The lowest BCUT2D eigenvalue weighted by molar-refractivity contribution is 0.599. The largest absolute Gasteiger partial charge is 0.326 e. The minimum Gasteiger partial charge on any atom is -0.326 e. The quantitative estimate of drug-likeness (QED) is 0.776. The van der Waals surface area contributed by atoms with Gasteiger partial charge in [-0.25, -0.2) is 8.42 Å². The first kappa shape index (κ1) is 9.68. The number of rotatable bonds is 2. The fourth-order valence-electron chi connectivity index (χ4n) is 1.94. The molecule has 2 N–H and O–H groups in total. The lowest BCUT2D eigenvalue weighted by Crippen LogP contribution is -2.13. The highest BCUT2D eigenvalue weighted by Crippen LogP contribution is 2.44. The second-order valence-electron chi connectivity index (χ2n) is 3.81. The van der Waals surface area contributed by atoms with Crippen LogP contribution in [0.4, 0.5) is 0 Å². The standard InChI is InChI=1S/C10H13NO2S/c1-14(12,13)10-8(9(10)11)7-5-3-2-4-6-7/h2-6,8-10H,11H2,1H3/t8-,9+,10+/m0/s1. The van der Waals surface area contributed by atoms with E-state index in [0.717, 1.165) is 5.56 Å². The SMILES string of the molecule is CS(=O)(=O)[C@H]1[C@H](N)[C@@H]1c1ccccc1. The molecular weight excluding hydrogens is 198 g/mol. The molecule has 0 saturated heterocycles. The van der Waals surface area contributed by atoms with Gasteiger partial charge in [0.15, 0.2) is 9.84 Å². The molecule has 14 heavy (non-hydrogen) atoms. The first-order chi connectivity index (χ1) is 6.52. The topological polar surface area (TPSA) is 60.2 Å². The van der Waals surface area contributed by atoms with E-state index in [9.17, 15) is 8.42 Å². The third-order valence-corrected chi connectivity index (χ3v) is 4.28. The molecule has 4 heteroatoms. The Balaban J connectivity index is 2.26. The predicted octanol–water partition coefficient (Wildman–Crippen LogP) is 0.524. The molecule has 0 amide bonds. The molecule has 3 atom stereocenters. The van der Waals surface area contributed by atoms with Crippen molar-refractivity contribution in [2.24, 2.45) is 5.73 Å². The molecule has 1 saturated carbocycles. The molecule has 76 valence electrons. The van der Waals surface area contributed by atoms with Gasteiger partial charge < -0.3 is 5.73 Å². The predicted molar refractivity (Wildman–Crippen MR) is 55.8 cm³/mol. The molecular formula is C10H13NO2S. The van der Waals surface area contributed by atoms with E-state index < -0.39 is 9.84 Å². The molecule has 1 aliphatic carbocycles. The van der Waals surface area contributed by atoms with Crippen molar-refractivity contribution in [1.82, 2.24) is 0 Å². The molecule has 1 aromatic carbocycles. The van der Waals surface area contributed by atoms with Crippen LogP contribution in [-0.4, -0.2) is 26.0 Å². The Morgan fingerprint density at radius 3 is 2.21 bits per heavy atom. The van der Waals surface area contributed by atoms with Gasteiger partial charge in [-0.3, -0.25) is 0 Å². The van der Waals surface area contributed by atoms with Gasteiger partial charge in [0.2, 0.25) is 0 Å². The summed E-state index contributed by atoms with van der Waals surface area (Å²) in [5, 5.41) is -0.384. The van der Waals surface area contributed by atoms with Crippen LogP contribution >= 0.6 is 0 Å². The summed E-state index contributed by atoms with van der Waals surface area (Å²) in [5.41, 5.74) is 6.77. The summed E-state index contributed by atoms with van der Waals surface area (Å²) in [6, 6.07) is 9.34. The summed E-state index contributed by atoms with van der Waals surface area (Å²) in [4.78, 5) is 0. The van der Waals surface area contributed by atoms with Crippen LogP contribution in [0.25, 0.3) is 0 Å². The van der Waals surface area contributed by atoms with Crippen molar-refractivity contribution < 1.29 is 8.42 Å². The molecule has 0 aromatic heterocycles. The first-order valence-electron chi connectivity index (χ1n) is 4.51. The van der Waals surface area contributed by atoms with Crippen molar-refractivity contribution in [2.75, 3.05) is 6.26 Å². The lowest BCUT2D eigenvalue weighted by atomic mass is 10.1. The zero-order valence-electron chi connectivity index (χ0n) is 7.92. The monoisotopic (exact) mass is 211 g/mol. The summed E-state index contributed by atoms with van der Waals surface area (Å²) >= 11 is 0. The number of sulfone groups is 1. The van der Waals surface area contributed by atoms with Crippen LogP contribution in [0.1, 0.15) is 11.5 Å². The normalized spacial score (nSPS) is 31.4. The Labute approximate surface area is 83.9 Å². The Bertz CT molecular complexity index is 427. The van der Waals surface area contributed by atoms with Crippen LogP contribution < -0.4 is 5.73 Å². The van der Waals surface area contributed by atoms with E-state index in [1.807, 2.05) is 30.3 Å². The zero-order chi connectivity index (χ0) is 10.3. The van der Waals surface area contributed by atoms with Gasteiger partial charge in [-0.15, -0.1) is 0 Å². The van der Waals surface area contributed by atoms with Crippen molar-refractivity contribution >= 4 is 9.84 Å². The van der Waals surface area contributed by atoms with Crippen molar-refractivity contribution in [3.05, 3.63) is 35.9 Å². The highest BCUT2D eigenvalue weighted by Gasteiger charge is 2.54. The molecule has 0 radical (unpaired) electrons. The van der Waals surface area contributed by atoms with E-state index in [1.165, 1.54) is 6.26 Å². The maximum Gasteiger partial charge on any atom is 0.152 e. The van der Waals surface area contributed by atoms with E-state index in [2.05, 4.69) is 0 Å². The average Bonchev–Trinajstić information content (AvgIpc) is 2.78. The molecule has 1 aliphatic rings. The molecule has 0 unspecified atom stereocenters. The summed E-state index contributed by atoms with van der Waals surface area (Å²) in [6.45, 7) is 0. The minimum absolute atomic E-state index is 0.00815. The van der Waals surface area contributed by atoms with Gasteiger partial charge in [-0.1, -0.05) is 30.3 Å². The van der Waals surface area contributed by atoms with Gasteiger partial charge in [0.1, 0.15) is 0 Å². The Hall–Kier alpha value is -0.870. The number of hydrogen-bond acceptors (Lipinski definition) is 3. The van der Waals surface area contributed by atoms with E-state index in [4.69, 9.17) is 5.73 Å². The van der Waals surface area contributed by atoms with Crippen LogP contribution in [0, 0.1) is 0 Å². The molecule has 2 rings (SSSR count). The second-order valence-corrected chi connectivity index (χ2v) is 6.01. The molecule has 1 fully saturated rings. The van der Waals surface area contributed by atoms with E-state index in [-0.39, 0.29) is 17.2 Å². The van der Waals surface area contributed by atoms with Gasteiger partial charge in [0.05, 0.1) is 5.25 Å². The maximum atomic E-state index is 11.3. The minimum atomic E-state index is -3.00. The Kier molecular flexibility index (Phi) is 2.12. The van der Waals surface area contributed by atoms with Crippen LogP contribution in [0.2, 0.25) is 0 Å². The second kappa shape index (κ2) is 3.07. The van der Waals surface area contributed by atoms with Crippen molar-refractivity contribution in [2.45, 2.75) is 17.2 Å². The van der Waals surface area contributed by atoms with E-state index in [0.29, 0.717) is 0 Å². The van der Waals surface area contributed by atoms with Crippen LogP contribution in [0.5, 0.6) is 0 Å². The van der Waals surface area contributed by atoms with Crippen LogP contribution in [-0.2, 0) is 9.84 Å². The number of hydrogen-bond donors (Lipinski definition) is 1.